The van der Waals surface area contributed by atoms with Crippen molar-refractivity contribution in [3.05, 3.63) is 83.9 Å². The number of hydrogen-bond donors (Lipinski definition) is 2. The number of benzene rings is 2. The summed E-state index contributed by atoms with van der Waals surface area (Å²) in [5.74, 6) is 0.755. The van der Waals surface area contributed by atoms with Gasteiger partial charge in [-0.2, -0.15) is 0 Å². The van der Waals surface area contributed by atoms with Gasteiger partial charge in [0, 0.05) is 48.5 Å². The first-order valence-electron chi connectivity index (χ1n) is 13.9. The topological polar surface area (TPSA) is 81.6 Å². The van der Waals surface area contributed by atoms with Crippen LogP contribution in [0.5, 0.6) is 0 Å². The number of hydrogen-bond acceptors (Lipinski definition) is 4. The molecular formula is C33H40N4O3. The van der Waals surface area contributed by atoms with E-state index in [1.807, 2.05) is 55.4 Å². The van der Waals surface area contributed by atoms with Crippen molar-refractivity contribution in [2.75, 3.05) is 24.3 Å². The van der Waals surface area contributed by atoms with Gasteiger partial charge in [-0.05, 0) is 86.1 Å². The molecule has 210 valence electrons. The van der Waals surface area contributed by atoms with Crippen molar-refractivity contribution in [1.29, 1.82) is 0 Å². The Morgan fingerprint density at radius 2 is 1.73 bits per heavy atom. The maximum atomic E-state index is 14.1. The van der Waals surface area contributed by atoms with Gasteiger partial charge < -0.3 is 24.5 Å². The van der Waals surface area contributed by atoms with Gasteiger partial charge in [0.25, 0.3) is 0 Å². The molecule has 2 aromatic heterocycles. The third-order valence-corrected chi connectivity index (χ3v) is 8.77. The highest BCUT2D eigenvalue weighted by Gasteiger charge is 2.60. The van der Waals surface area contributed by atoms with Crippen LogP contribution in [0.2, 0.25) is 0 Å². The van der Waals surface area contributed by atoms with Gasteiger partial charge in [-0.15, -0.1) is 0 Å². The van der Waals surface area contributed by atoms with Crippen LogP contribution in [0, 0.1) is 18.3 Å². The van der Waals surface area contributed by atoms with Gasteiger partial charge in [-0.25, -0.2) is 0 Å². The van der Waals surface area contributed by atoms with E-state index in [4.69, 9.17) is 4.42 Å². The Kier molecular flexibility index (Phi) is 7.02. The van der Waals surface area contributed by atoms with Crippen LogP contribution in [-0.4, -0.2) is 41.3 Å². The van der Waals surface area contributed by atoms with E-state index < -0.39 is 5.54 Å². The van der Waals surface area contributed by atoms with Crippen molar-refractivity contribution < 1.29 is 14.0 Å². The maximum Gasteiger partial charge on any atom is 0.249 e. The lowest BCUT2D eigenvalue weighted by molar-refractivity contribution is -0.145. The van der Waals surface area contributed by atoms with Crippen LogP contribution < -0.4 is 10.2 Å². The Balaban J connectivity index is 1.38. The number of aryl methyl sites for hydroxylation is 1. The van der Waals surface area contributed by atoms with E-state index in [0.717, 1.165) is 16.9 Å². The summed E-state index contributed by atoms with van der Waals surface area (Å²) in [7, 11) is 3.95. The number of furan rings is 1. The molecule has 40 heavy (non-hydrogen) atoms. The Labute approximate surface area is 236 Å². The molecule has 0 radical (unpaired) electrons. The van der Waals surface area contributed by atoms with Crippen LogP contribution in [0.3, 0.4) is 0 Å². The number of H-pyrrole nitrogens is 1. The second-order valence-corrected chi connectivity index (χ2v) is 12.3. The van der Waals surface area contributed by atoms with Crippen molar-refractivity contribution >= 4 is 34.1 Å². The van der Waals surface area contributed by atoms with E-state index in [-0.39, 0.29) is 35.6 Å². The molecule has 2 N–H and O–H groups in total. The molecule has 4 aromatic rings. The van der Waals surface area contributed by atoms with Crippen molar-refractivity contribution in [1.82, 2.24) is 9.88 Å². The Morgan fingerprint density at radius 3 is 2.38 bits per heavy atom. The molecule has 0 unspecified atom stereocenters. The Hall–Kier alpha value is -4.00. The summed E-state index contributed by atoms with van der Waals surface area (Å²) in [5, 5.41) is 4.24. The minimum atomic E-state index is -1.12. The largest absolute Gasteiger partial charge is 0.467 e. The van der Waals surface area contributed by atoms with E-state index in [1.54, 1.807) is 31.1 Å². The number of nitrogens with zero attached hydrogens (tertiary/aromatic N) is 2. The smallest absolute Gasteiger partial charge is 0.249 e. The molecule has 0 saturated heterocycles. The molecular weight excluding hydrogens is 500 g/mol. The molecule has 2 amide bonds. The summed E-state index contributed by atoms with van der Waals surface area (Å²) >= 11 is 0. The van der Waals surface area contributed by atoms with E-state index in [9.17, 15) is 9.59 Å². The quantitative estimate of drug-likeness (QED) is 0.247. The second-order valence-electron chi connectivity index (χ2n) is 12.3. The number of carbonyl (C=O) groups excluding carboxylic acids is 2. The van der Waals surface area contributed by atoms with Crippen LogP contribution in [0.25, 0.3) is 10.9 Å². The van der Waals surface area contributed by atoms with Crippen LogP contribution in [0.1, 0.15) is 57.1 Å². The first-order valence-corrected chi connectivity index (χ1v) is 13.9. The molecule has 2 aromatic carbocycles. The van der Waals surface area contributed by atoms with Gasteiger partial charge in [0.15, 0.2) is 0 Å². The number of rotatable bonds is 9. The first kappa shape index (κ1) is 27.6. The molecule has 5 rings (SSSR count). The predicted octanol–water partition coefficient (Wildman–Crippen LogP) is 6.71. The van der Waals surface area contributed by atoms with E-state index in [0.29, 0.717) is 17.9 Å². The van der Waals surface area contributed by atoms with Crippen LogP contribution in [0.4, 0.5) is 11.4 Å². The van der Waals surface area contributed by atoms with Gasteiger partial charge in [0.05, 0.1) is 12.8 Å². The molecule has 0 spiro atoms. The number of fused-ring (bicyclic) bond motifs is 1. The van der Waals surface area contributed by atoms with Gasteiger partial charge in [-0.1, -0.05) is 32.0 Å². The predicted molar refractivity (Wildman–Crippen MR) is 160 cm³/mol. The normalized spacial score (nSPS) is 18.0. The summed E-state index contributed by atoms with van der Waals surface area (Å²) in [6.07, 6.45) is 1.95. The fraction of sp³-hybridized carbons (Fsp3) is 0.394. The zero-order chi connectivity index (χ0) is 28.8. The molecule has 1 aliphatic carbocycles. The molecule has 1 fully saturated rings. The number of aromatic amines is 1. The summed E-state index contributed by atoms with van der Waals surface area (Å²) < 4.78 is 5.61. The molecule has 2 atom stereocenters. The average molecular weight is 541 g/mol. The van der Waals surface area contributed by atoms with Gasteiger partial charge in [-0.3, -0.25) is 9.59 Å². The summed E-state index contributed by atoms with van der Waals surface area (Å²) in [6.45, 7) is 10.4. The summed E-state index contributed by atoms with van der Waals surface area (Å²) in [5.41, 5.74) is 4.15. The van der Waals surface area contributed by atoms with Crippen molar-refractivity contribution in [2.45, 2.75) is 59.0 Å². The van der Waals surface area contributed by atoms with Crippen LogP contribution in [-0.2, 0) is 16.1 Å². The van der Waals surface area contributed by atoms with E-state index in [2.05, 4.69) is 49.3 Å². The van der Waals surface area contributed by atoms with E-state index in [1.165, 1.54) is 10.9 Å². The lowest BCUT2D eigenvalue weighted by Crippen LogP contribution is -2.54. The summed E-state index contributed by atoms with van der Waals surface area (Å²) in [4.78, 5) is 34.9. The highest BCUT2D eigenvalue weighted by molar-refractivity contribution is 6.00. The van der Waals surface area contributed by atoms with Gasteiger partial charge >= 0.3 is 0 Å². The van der Waals surface area contributed by atoms with Crippen molar-refractivity contribution in [3.8, 4) is 0 Å². The monoisotopic (exact) mass is 540 g/mol. The number of aromatic nitrogens is 1. The SMILES string of the molecule is Cc1[nH]c2ccccc2c1[C@@H]1[C@H](CC(=O)N(Cc2ccco2)C(C)(C)C(=O)Nc2ccc(N(C)C)cc2)C1(C)C. The second kappa shape index (κ2) is 10.2. The zero-order valence-electron chi connectivity index (χ0n) is 24.5. The van der Waals surface area contributed by atoms with Crippen molar-refractivity contribution in [3.63, 3.8) is 0 Å². The zero-order valence-corrected chi connectivity index (χ0v) is 24.5. The van der Waals surface area contributed by atoms with E-state index >= 15 is 0 Å². The highest BCUT2D eigenvalue weighted by atomic mass is 16.3. The number of para-hydroxylation sites is 1. The molecule has 2 heterocycles. The minimum Gasteiger partial charge on any atom is -0.467 e. The Bertz CT molecular complexity index is 1510. The third kappa shape index (κ3) is 5.01. The van der Waals surface area contributed by atoms with Crippen LogP contribution in [0.15, 0.2) is 71.3 Å². The lowest BCUT2D eigenvalue weighted by atomic mass is 9.98. The lowest BCUT2D eigenvalue weighted by Gasteiger charge is -2.37. The Morgan fingerprint density at radius 1 is 1.02 bits per heavy atom. The molecule has 1 saturated carbocycles. The highest BCUT2D eigenvalue weighted by Crippen LogP contribution is 2.67. The number of nitrogens with one attached hydrogen (secondary N) is 2. The minimum absolute atomic E-state index is 0.0394. The molecule has 0 aliphatic heterocycles. The third-order valence-electron chi connectivity index (χ3n) is 8.77. The van der Waals surface area contributed by atoms with Crippen LogP contribution >= 0.6 is 0 Å². The van der Waals surface area contributed by atoms with Gasteiger partial charge in [0.1, 0.15) is 11.3 Å². The molecule has 1 aliphatic rings. The summed E-state index contributed by atoms with van der Waals surface area (Å²) in [6, 6.07) is 19.7. The molecule has 0 bridgehead atoms. The van der Waals surface area contributed by atoms with Gasteiger partial charge in [0.2, 0.25) is 11.8 Å². The fourth-order valence-corrected chi connectivity index (χ4v) is 6.10. The van der Waals surface area contributed by atoms with Crippen molar-refractivity contribution in [2.24, 2.45) is 11.3 Å². The number of anilines is 2. The molecule has 7 heteroatoms. The standard InChI is InChI=1S/C33H40N4O3/c1-21-29(25-12-8-9-13-27(25)34-21)30-26(32(30,2)3)19-28(38)37(20-24-11-10-18-40-24)33(4,5)31(39)35-22-14-16-23(17-15-22)36(6)7/h8-18,26,30,34H,19-20H2,1-7H3,(H,35,39)/t26-,30-/m0/s1. The maximum absolute atomic E-state index is 14.1. The average Bonchev–Trinajstić information content (AvgIpc) is 3.28. The molecule has 7 nitrogen and oxygen atoms in total. The first-order chi connectivity index (χ1) is 18.9. The fourth-order valence-electron chi connectivity index (χ4n) is 6.10. The number of amides is 2. The number of carbonyl (C=O) groups is 2.